The van der Waals surface area contributed by atoms with Crippen LogP contribution in [0.4, 0.5) is 0 Å². The molecule has 0 bridgehead atoms. The Bertz CT molecular complexity index is 340. The molecule has 0 atom stereocenters. The first-order valence-corrected chi connectivity index (χ1v) is 9.06. The molecule has 2 N–H and O–H groups in total. The van der Waals surface area contributed by atoms with Crippen molar-refractivity contribution >= 4 is 35.8 Å². The molecule has 0 saturated carbocycles. The van der Waals surface area contributed by atoms with E-state index in [0.717, 1.165) is 51.6 Å². The fourth-order valence-corrected chi connectivity index (χ4v) is 2.12. The molecular weight excluding hydrogens is 435 g/mol. The van der Waals surface area contributed by atoms with Crippen LogP contribution in [0.5, 0.6) is 0 Å². The predicted octanol–water partition coefficient (Wildman–Crippen LogP) is 1.86. The van der Waals surface area contributed by atoms with Crippen molar-refractivity contribution in [3.63, 3.8) is 0 Å². The monoisotopic (exact) mass is 472 g/mol. The van der Waals surface area contributed by atoms with E-state index in [1.807, 2.05) is 25.7 Å². The molecule has 0 unspecified atom stereocenters. The van der Waals surface area contributed by atoms with Gasteiger partial charge in [0.05, 0.1) is 13.2 Å². The minimum atomic E-state index is 0. The van der Waals surface area contributed by atoms with E-state index in [1.165, 1.54) is 0 Å². The topological polar surface area (TPSA) is 75.2 Å². The molecule has 7 nitrogen and oxygen atoms in total. The van der Waals surface area contributed by atoms with Crippen molar-refractivity contribution in [3.8, 4) is 0 Å². The average molecular weight is 472 g/mol. The lowest BCUT2D eigenvalue weighted by atomic mass is 10.3. The van der Waals surface area contributed by atoms with Gasteiger partial charge in [-0.2, -0.15) is 0 Å². The molecule has 0 aliphatic carbocycles. The molecule has 0 fully saturated rings. The number of rotatable bonds is 14. The average Bonchev–Trinajstić information content (AvgIpc) is 2.58. The molecule has 1 amide bonds. The van der Waals surface area contributed by atoms with Crippen LogP contribution in [0, 0.1) is 0 Å². The number of unbranched alkanes of at least 4 members (excludes halogenated alkanes) is 1. The second-order valence-electron chi connectivity index (χ2n) is 5.32. The summed E-state index contributed by atoms with van der Waals surface area (Å²) in [4.78, 5) is 18.3. The molecule has 0 radical (unpaired) electrons. The first kappa shape index (κ1) is 26.6. The van der Waals surface area contributed by atoms with Gasteiger partial charge in [-0.3, -0.25) is 9.79 Å². The first-order chi connectivity index (χ1) is 11.7. The number of carbonyl (C=O) groups is 1. The molecule has 0 heterocycles. The number of amides is 1. The Morgan fingerprint density at radius 2 is 1.76 bits per heavy atom. The Kier molecular flexibility index (Phi) is 21.0. The normalized spacial score (nSPS) is 11.0. The summed E-state index contributed by atoms with van der Waals surface area (Å²) in [6.45, 7) is 11.7. The van der Waals surface area contributed by atoms with Gasteiger partial charge in [0.1, 0.15) is 0 Å². The minimum Gasteiger partial charge on any atom is -0.382 e. The third kappa shape index (κ3) is 15.4. The van der Waals surface area contributed by atoms with Gasteiger partial charge in [-0.15, -0.1) is 24.0 Å². The zero-order chi connectivity index (χ0) is 18.0. The largest absolute Gasteiger partial charge is 0.382 e. The number of nitrogens with one attached hydrogen (secondary N) is 2. The smallest absolute Gasteiger partial charge is 0.224 e. The summed E-state index contributed by atoms with van der Waals surface area (Å²) in [5.74, 6) is 0.946. The van der Waals surface area contributed by atoms with E-state index >= 15 is 0 Å². The van der Waals surface area contributed by atoms with Crippen molar-refractivity contribution in [2.75, 3.05) is 59.7 Å². The summed E-state index contributed by atoms with van der Waals surface area (Å²) in [5, 5.41) is 6.42. The van der Waals surface area contributed by atoms with Crippen molar-refractivity contribution in [2.24, 2.45) is 4.99 Å². The van der Waals surface area contributed by atoms with Gasteiger partial charge in [0.2, 0.25) is 5.91 Å². The van der Waals surface area contributed by atoms with Crippen LogP contribution in [-0.2, 0) is 14.3 Å². The second-order valence-corrected chi connectivity index (χ2v) is 5.32. The van der Waals surface area contributed by atoms with Crippen LogP contribution in [0.15, 0.2) is 4.99 Å². The van der Waals surface area contributed by atoms with Gasteiger partial charge in [-0.05, 0) is 33.6 Å². The number of guanidine groups is 1. The molecule has 0 aromatic rings. The van der Waals surface area contributed by atoms with Crippen molar-refractivity contribution in [2.45, 2.75) is 40.0 Å². The molecule has 0 aliphatic heterocycles. The van der Waals surface area contributed by atoms with Gasteiger partial charge in [0, 0.05) is 52.9 Å². The summed E-state index contributed by atoms with van der Waals surface area (Å²) in [6, 6.07) is 0. The van der Waals surface area contributed by atoms with Crippen LogP contribution in [0.2, 0.25) is 0 Å². The lowest BCUT2D eigenvalue weighted by molar-refractivity contribution is -0.130. The lowest BCUT2D eigenvalue weighted by Crippen LogP contribution is -2.40. The molecular formula is C17H37IN4O3. The first-order valence-electron chi connectivity index (χ1n) is 9.06. The molecule has 0 aliphatic rings. The maximum Gasteiger partial charge on any atom is 0.224 e. The number of aliphatic imine (C=N–C) groups is 1. The number of methoxy groups -OCH3 is 1. The number of halogens is 1. The summed E-state index contributed by atoms with van der Waals surface area (Å²) in [6.07, 6.45) is 2.44. The number of hydrogen-bond donors (Lipinski definition) is 2. The summed E-state index contributed by atoms with van der Waals surface area (Å²) in [5.41, 5.74) is 0. The molecule has 0 aromatic carbocycles. The Labute approximate surface area is 170 Å². The number of carbonyl (C=O) groups excluding carboxylic acids is 1. The van der Waals surface area contributed by atoms with Crippen LogP contribution in [0.1, 0.15) is 40.0 Å². The Morgan fingerprint density at radius 3 is 2.36 bits per heavy atom. The van der Waals surface area contributed by atoms with Crippen molar-refractivity contribution < 1.29 is 14.3 Å². The van der Waals surface area contributed by atoms with Gasteiger partial charge < -0.3 is 25.0 Å². The summed E-state index contributed by atoms with van der Waals surface area (Å²) >= 11 is 0. The Morgan fingerprint density at radius 1 is 1.04 bits per heavy atom. The SMILES string of the molecule is CCNC(=NCCCCOCCOC)NCCC(=O)N(CC)CC.I. The Balaban J connectivity index is 0. The van der Waals surface area contributed by atoms with E-state index in [-0.39, 0.29) is 29.9 Å². The van der Waals surface area contributed by atoms with E-state index < -0.39 is 0 Å². The third-order valence-corrected chi connectivity index (χ3v) is 3.49. The molecule has 25 heavy (non-hydrogen) atoms. The highest BCUT2D eigenvalue weighted by atomic mass is 127. The maximum absolute atomic E-state index is 12.0. The summed E-state index contributed by atoms with van der Waals surface area (Å²) in [7, 11) is 1.67. The fourth-order valence-electron chi connectivity index (χ4n) is 2.12. The van der Waals surface area contributed by atoms with E-state index in [2.05, 4.69) is 15.6 Å². The van der Waals surface area contributed by atoms with Crippen molar-refractivity contribution in [3.05, 3.63) is 0 Å². The van der Waals surface area contributed by atoms with Gasteiger partial charge >= 0.3 is 0 Å². The molecule has 0 saturated heterocycles. The van der Waals surface area contributed by atoms with E-state index in [9.17, 15) is 4.79 Å². The van der Waals surface area contributed by atoms with Gasteiger partial charge in [-0.25, -0.2) is 0 Å². The fraction of sp³-hybridized carbons (Fsp3) is 0.882. The zero-order valence-corrected chi connectivity index (χ0v) is 18.6. The molecule has 0 aromatic heterocycles. The van der Waals surface area contributed by atoms with Crippen LogP contribution >= 0.6 is 24.0 Å². The predicted molar refractivity (Wildman–Crippen MR) is 114 cm³/mol. The molecule has 8 heteroatoms. The van der Waals surface area contributed by atoms with E-state index in [0.29, 0.717) is 26.2 Å². The van der Waals surface area contributed by atoms with Gasteiger partial charge in [0.25, 0.3) is 0 Å². The third-order valence-electron chi connectivity index (χ3n) is 3.49. The molecule has 150 valence electrons. The van der Waals surface area contributed by atoms with Crippen molar-refractivity contribution in [1.29, 1.82) is 0 Å². The zero-order valence-electron chi connectivity index (χ0n) is 16.3. The van der Waals surface area contributed by atoms with E-state index in [1.54, 1.807) is 7.11 Å². The number of nitrogens with zero attached hydrogens (tertiary/aromatic N) is 2. The minimum absolute atomic E-state index is 0. The Hall–Kier alpha value is -0.610. The van der Waals surface area contributed by atoms with Crippen LogP contribution < -0.4 is 10.6 Å². The van der Waals surface area contributed by atoms with Crippen molar-refractivity contribution in [1.82, 2.24) is 15.5 Å². The highest BCUT2D eigenvalue weighted by Crippen LogP contribution is 1.94. The summed E-state index contributed by atoms with van der Waals surface area (Å²) < 4.78 is 10.3. The van der Waals surface area contributed by atoms with Crippen LogP contribution in [0.25, 0.3) is 0 Å². The second kappa shape index (κ2) is 19.7. The number of ether oxygens (including phenoxy) is 2. The quantitative estimate of drug-likeness (QED) is 0.175. The maximum atomic E-state index is 12.0. The standard InChI is InChI=1S/C17H36N4O3.HI/c1-5-18-17(19-11-8-9-13-24-15-14-23-4)20-12-10-16(22)21(6-2)7-3;/h5-15H2,1-4H3,(H2,18,19,20);1H. The molecule has 0 spiro atoms. The highest BCUT2D eigenvalue weighted by Gasteiger charge is 2.08. The lowest BCUT2D eigenvalue weighted by Gasteiger charge is -2.19. The van der Waals surface area contributed by atoms with E-state index in [4.69, 9.17) is 9.47 Å². The highest BCUT2D eigenvalue weighted by molar-refractivity contribution is 14.0. The van der Waals surface area contributed by atoms with Gasteiger partial charge in [0.15, 0.2) is 5.96 Å². The molecule has 0 rings (SSSR count). The number of hydrogen-bond acceptors (Lipinski definition) is 4. The van der Waals surface area contributed by atoms with Gasteiger partial charge in [-0.1, -0.05) is 0 Å². The van der Waals surface area contributed by atoms with Crippen LogP contribution in [-0.4, -0.2) is 76.4 Å². The van der Waals surface area contributed by atoms with Crippen LogP contribution in [0.3, 0.4) is 0 Å².